The average Bonchev–Trinajstić information content (AvgIpc) is 2.84. The molecule has 1 rings (SSSR count). The molecule has 0 saturated heterocycles. The maximum Gasteiger partial charge on any atom is 0.421 e. The Bertz CT molecular complexity index is 1170. The minimum absolute atomic E-state index is 0.0283. The highest BCUT2D eigenvalue weighted by atomic mass is 32.2. The van der Waals surface area contributed by atoms with Gasteiger partial charge in [-0.15, -0.1) is 0 Å². The Morgan fingerprint density at radius 2 is 1.77 bits per heavy atom. The van der Waals surface area contributed by atoms with E-state index >= 15 is 0 Å². The lowest BCUT2D eigenvalue weighted by atomic mass is 10.2. The van der Waals surface area contributed by atoms with Gasteiger partial charge in [0.15, 0.2) is 0 Å². The molecule has 0 spiro atoms. The molecule has 0 bridgehead atoms. The van der Waals surface area contributed by atoms with Crippen molar-refractivity contribution in [1.29, 1.82) is 0 Å². The number of amides is 1. The minimum Gasteiger partial charge on any atom is -0.366 e. The number of alkyl halides is 3. The summed E-state index contributed by atoms with van der Waals surface area (Å²) in [6, 6.07) is 0. The quantitative estimate of drug-likeness (QED) is 0.131. The van der Waals surface area contributed by atoms with E-state index in [4.69, 9.17) is 5.73 Å². The third-order valence-electron chi connectivity index (χ3n) is 3.78. The molecule has 0 fully saturated rings. The van der Waals surface area contributed by atoms with E-state index in [1.807, 2.05) is 0 Å². The lowest BCUT2D eigenvalue weighted by Gasteiger charge is -2.14. The number of carbonyl (C=O) groups excluding carboxylic acids is 1. The molecule has 10 nitrogen and oxygen atoms in total. The van der Waals surface area contributed by atoms with Gasteiger partial charge in [-0.25, -0.2) is 18.4 Å². The molecule has 0 aliphatic carbocycles. The lowest BCUT2D eigenvalue weighted by molar-refractivity contribution is -0.137. The molecule has 0 radical (unpaired) electrons. The molecule has 0 aromatic carbocycles. The Hall–Kier alpha value is -3.94. The smallest absolute Gasteiger partial charge is 0.366 e. The van der Waals surface area contributed by atoms with Gasteiger partial charge in [0, 0.05) is 37.3 Å². The summed E-state index contributed by atoms with van der Waals surface area (Å²) in [5.74, 6) is -1.46. The van der Waals surface area contributed by atoms with Gasteiger partial charge in [-0.1, -0.05) is 65.8 Å². The van der Waals surface area contributed by atoms with Crippen molar-refractivity contribution in [3.05, 3.63) is 72.8 Å². The second-order valence-corrected chi connectivity index (χ2v) is 9.92. The Morgan fingerprint density at radius 3 is 2.25 bits per heavy atom. The molecule has 14 heteroatoms. The maximum atomic E-state index is 13.3. The van der Waals surface area contributed by atoms with Gasteiger partial charge in [-0.2, -0.15) is 18.2 Å². The highest BCUT2D eigenvalue weighted by Crippen LogP contribution is 2.33. The first-order chi connectivity index (χ1) is 18.6. The monoisotopic (exact) mass is 587 g/mol. The first kappa shape index (κ1) is 38.2. The number of allylic oxidation sites excluding steroid dienone is 3. The molecule has 40 heavy (non-hydrogen) atoms. The summed E-state index contributed by atoms with van der Waals surface area (Å²) in [7, 11) is -2.08. The normalized spacial score (nSPS) is 11.9. The molecule has 1 aromatic rings. The van der Waals surface area contributed by atoms with Crippen LogP contribution in [0.25, 0.3) is 0 Å². The van der Waals surface area contributed by atoms with Crippen LogP contribution in [-0.4, -0.2) is 54.8 Å². The number of anilines is 2. The van der Waals surface area contributed by atoms with Gasteiger partial charge in [0.2, 0.25) is 21.9 Å². The second-order valence-electron chi connectivity index (χ2n) is 7.88. The number of nitrogens with zero attached hydrogens (tertiary/aromatic N) is 4. The van der Waals surface area contributed by atoms with Crippen LogP contribution >= 0.6 is 0 Å². The number of nitrogens with one attached hydrogen (secondary N) is 2. The summed E-state index contributed by atoms with van der Waals surface area (Å²) in [5, 5.41) is 5.18. The van der Waals surface area contributed by atoms with E-state index in [9.17, 15) is 26.4 Å². The van der Waals surface area contributed by atoms with Crippen LogP contribution in [-0.2, 0) is 21.0 Å². The van der Waals surface area contributed by atoms with Crippen LogP contribution in [0, 0.1) is 0 Å². The number of sulfonamides is 1. The lowest BCUT2D eigenvalue weighted by Crippen LogP contribution is -2.23. The molecular formula is C26H40F3N7O3S. The van der Waals surface area contributed by atoms with Gasteiger partial charge in [-0.05, 0) is 18.2 Å². The van der Waals surface area contributed by atoms with Gasteiger partial charge in [0.05, 0.1) is 6.26 Å². The van der Waals surface area contributed by atoms with Crippen LogP contribution in [0.5, 0.6) is 0 Å². The van der Waals surface area contributed by atoms with Crippen molar-refractivity contribution in [2.75, 3.05) is 30.5 Å². The number of halogens is 3. The number of aromatic nitrogens is 2. The fourth-order valence-corrected chi connectivity index (χ4v) is 2.16. The van der Waals surface area contributed by atoms with Gasteiger partial charge < -0.3 is 16.4 Å². The van der Waals surface area contributed by atoms with Crippen LogP contribution < -0.4 is 16.4 Å². The molecule has 0 unspecified atom stereocenters. The van der Waals surface area contributed by atoms with E-state index in [0.29, 0.717) is 6.20 Å². The van der Waals surface area contributed by atoms with E-state index in [1.165, 1.54) is 56.5 Å². The van der Waals surface area contributed by atoms with Crippen LogP contribution in [0.3, 0.4) is 0 Å². The molecule has 1 amide bonds. The van der Waals surface area contributed by atoms with Crippen molar-refractivity contribution >= 4 is 34.0 Å². The maximum absolute atomic E-state index is 13.3. The first-order valence-electron chi connectivity index (χ1n) is 12.1. The predicted octanol–water partition coefficient (Wildman–Crippen LogP) is 5.25. The zero-order valence-electron chi connectivity index (χ0n) is 23.8. The Balaban J connectivity index is 0. The number of rotatable bonds is 12. The van der Waals surface area contributed by atoms with Crippen LogP contribution in [0.1, 0.15) is 46.1 Å². The third-order valence-corrected chi connectivity index (χ3v) is 4.92. The molecule has 1 heterocycles. The predicted molar refractivity (Wildman–Crippen MR) is 157 cm³/mol. The topological polar surface area (TPSA) is 143 Å². The fraction of sp³-hybridized carbons (Fsp3) is 0.385. The average molecular weight is 588 g/mol. The number of nitrogens with two attached hydrogens (primary N) is 1. The molecule has 1 aromatic heterocycles. The summed E-state index contributed by atoms with van der Waals surface area (Å²) in [6.45, 7) is 15.5. The van der Waals surface area contributed by atoms with E-state index in [-0.39, 0.29) is 23.8 Å². The summed E-state index contributed by atoms with van der Waals surface area (Å²) < 4.78 is 63.3. The molecular weight excluding hydrogens is 547 g/mol. The van der Waals surface area contributed by atoms with Gasteiger partial charge in [0.25, 0.3) is 0 Å². The number of hydrogen-bond donors (Lipinski definition) is 3. The number of aliphatic imine (C=N–C) groups is 1. The third kappa shape index (κ3) is 17.5. The van der Waals surface area contributed by atoms with E-state index < -0.39 is 33.5 Å². The molecule has 0 aliphatic heterocycles. The largest absolute Gasteiger partial charge is 0.421 e. The Morgan fingerprint density at radius 1 is 1.20 bits per heavy atom. The van der Waals surface area contributed by atoms with Crippen LogP contribution in [0.15, 0.2) is 72.2 Å². The Kier molecular flexibility index (Phi) is 19.1. The van der Waals surface area contributed by atoms with Crippen LogP contribution in [0.2, 0.25) is 0 Å². The number of carbonyl (C=O) groups is 1. The molecule has 0 atom stereocenters. The standard InChI is InChI=1S/C20H24F3N7O3S.2C3H8/c1-5-15(11-14(2)17(24)31)28-19-27-12-16(20(21,22)23)18(29-19)26-10-8-6-7-9-25-13-30(3)34(4,32)33;2*1-3-2/h5-9,11-13H,1-2,10H2,3-4H3,(H2,24,31)(H2,26,27,28,29);2*3H2,1-2H3/b8-6+,9-7-,15-11+,25-13?;;. The fourth-order valence-electron chi connectivity index (χ4n) is 1.94. The van der Waals surface area contributed by atoms with Crippen molar-refractivity contribution < 1.29 is 26.4 Å². The van der Waals surface area contributed by atoms with Crippen molar-refractivity contribution in [2.24, 2.45) is 10.7 Å². The van der Waals surface area contributed by atoms with E-state index in [1.54, 1.807) is 0 Å². The van der Waals surface area contributed by atoms with Crippen molar-refractivity contribution in [3.63, 3.8) is 0 Å². The highest BCUT2D eigenvalue weighted by Gasteiger charge is 2.35. The van der Waals surface area contributed by atoms with Crippen molar-refractivity contribution in [1.82, 2.24) is 14.3 Å². The summed E-state index contributed by atoms with van der Waals surface area (Å²) in [6.07, 6.45) is 8.79. The van der Waals surface area contributed by atoms with Crippen LogP contribution in [0.4, 0.5) is 24.9 Å². The summed E-state index contributed by atoms with van der Waals surface area (Å²) in [4.78, 5) is 22.4. The van der Waals surface area contributed by atoms with E-state index in [0.717, 1.165) is 16.9 Å². The van der Waals surface area contributed by atoms with Gasteiger partial charge in [-0.3, -0.25) is 9.10 Å². The molecule has 4 N–H and O–H groups in total. The van der Waals surface area contributed by atoms with Gasteiger partial charge in [0.1, 0.15) is 17.7 Å². The summed E-state index contributed by atoms with van der Waals surface area (Å²) >= 11 is 0. The van der Waals surface area contributed by atoms with Gasteiger partial charge >= 0.3 is 6.18 Å². The highest BCUT2D eigenvalue weighted by molar-refractivity contribution is 7.88. The van der Waals surface area contributed by atoms with E-state index in [2.05, 4.69) is 66.4 Å². The van der Waals surface area contributed by atoms with Crippen molar-refractivity contribution in [3.8, 4) is 0 Å². The molecule has 224 valence electrons. The first-order valence-corrected chi connectivity index (χ1v) is 14.0. The zero-order valence-corrected chi connectivity index (χ0v) is 24.6. The SMILES string of the molecule is C=C/C(=C\C(=C)C(N)=O)Nc1ncc(C(F)(F)F)c(NC/C=C/C=C\N=CN(C)S(C)(=O)=O)n1.CCC.CCC. The Labute approximate surface area is 235 Å². The second kappa shape index (κ2) is 20.0. The molecule has 0 aliphatic rings. The minimum atomic E-state index is -4.71. The van der Waals surface area contributed by atoms with Crippen molar-refractivity contribution in [2.45, 2.75) is 46.7 Å². The zero-order chi connectivity index (χ0) is 31.4. The summed E-state index contributed by atoms with van der Waals surface area (Å²) in [5.41, 5.74) is 4.16. The number of primary amides is 1. The molecule has 0 saturated carbocycles. The number of hydrogen-bond acceptors (Lipinski definition) is 8.